The minimum atomic E-state index is 0.116. The SMILES string of the molecule is CC(c1ccc(N)cc1)N1CCCNC(=O)C1. The summed E-state index contributed by atoms with van der Waals surface area (Å²) in [4.78, 5) is 13.7. The van der Waals surface area contributed by atoms with Gasteiger partial charge in [0.05, 0.1) is 6.54 Å². The van der Waals surface area contributed by atoms with Crippen molar-refractivity contribution in [2.75, 3.05) is 25.4 Å². The van der Waals surface area contributed by atoms with Gasteiger partial charge in [0.2, 0.25) is 5.91 Å². The molecule has 17 heavy (non-hydrogen) atoms. The summed E-state index contributed by atoms with van der Waals surface area (Å²) in [5, 5.41) is 2.89. The van der Waals surface area contributed by atoms with Gasteiger partial charge in [0.25, 0.3) is 0 Å². The second-order valence-electron chi connectivity index (χ2n) is 4.52. The molecule has 0 bridgehead atoms. The van der Waals surface area contributed by atoms with Crippen LogP contribution in [0.15, 0.2) is 24.3 Å². The predicted molar refractivity (Wildman–Crippen MR) is 68.5 cm³/mol. The summed E-state index contributed by atoms with van der Waals surface area (Å²) < 4.78 is 0. The normalized spacial score (nSPS) is 19.5. The molecule has 3 N–H and O–H groups in total. The van der Waals surface area contributed by atoms with Gasteiger partial charge in [-0.25, -0.2) is 0 Å². The summed E-state index contributed by atoms with van der Waals surface area (Å²) in [6, 6.07) is 8.12. The van der Waals surface area contributed by atoms with E-state index in [1.165, 1.54) is 5.56 Å². The summed E-state index contributed by atoms with van der Waals surface area (Å²) in [5.41, 5.74) is 7.65. The lowest BCUT2D eigenvalue weighted by atomic mass is 10.1. The van der Waals surface area contributed by atoms with E-state index in [2.05, 4.69) is 17.1 Å². The molecule has 1 heterocycles. The summed E-state index contributed by atoms with van der Waals surface area (Å²) in [7, 11) is 0. The molecule has 0 aliphatic carbocycles. The fourth-order valence-electron chi connectivity index (χ4n) is 2.15. The van der Waals surface area contributed by atoms with Crippen molar-refractivity contribution in [1.82, 2.24) is 10.2 Å². The van der Waals surface area contributed by atoms with E-state index in [4.69, 9.17) is 5.73 Å². The van der Waals surface area contributed by atoms with Crippen LogP contribution in [0.3, 0.4) is 0 Å². The number of nitrogens with zero attached hydrogens (tertiary/aromatic N) is 1. The van der Waals surface area contributed by atoms with E-state index in [1.807, 2.05) is 24.3 Å². The van der Waals surface area contributed by atoms with Crippen molar-refractivity contribution < 1.29 is 4.79 Å². The van der Waals surface area contributed by atoms with Crippen LogP contribution in [0.5, 0.6) is 0 Å². The van der Waals surface area contributed by atoms with Crippen LogP contribution in [0, 0.1) is 0 Å². The van der Waals surface area contributed by atoms with Crippen LogP contribution in [-0.2, 0) is 4.79 Å². The van der Waals surface area contributed by atoms with Crippen LogP contribution in [0.2, 0.25) is 0 Å². The Balaban J connectivity index is 2.10. The highest BCUT2D eigenvalue weighted by molar-refractivity contribution is 5.78. The molecule has 1 atom stereocenters. The van der Waals surface area contributed by atoms with Crippen LogP contribution < -0.4 is 11.1 Å². The number of carbonyl (C=O) groups is 1. The number of nitrogen functional groups attached to an aromatic ring is 1. The summed E-state index contributed by atoms with van der Waals surface area (Å²) in [6.45, 7) is 4.34. The molecule has 2 rings (SSSR count). The van der Waals surface area contributed by atoms with E-state index in [-0.39, 0.29) is 11.9 Å². The minimum absolute atomic E-state index is 0.116. The van der Waals surface area contributed by atoms with Gasteiger partial charge in [-0.05, 0) is 31.0 Å². The number of anilines is 1. The van der Waals surface area contributed by atoms with Crippen molar-refractivity contribution in [2.24, 2.45) is 0 Å². The topological polar surface area (TPSA) is 58.4 Å². The number of hydrogen-bond acceptors (Lipinski definition) is 3. The Labute approximate surface area is 102 Å². The van der Waals surface area contributed by atoms with Crippen LogP contribution in [0.1, 0.15) is 24.9 Å². The van der Waals surface area contributed by atoms with Crippen LogP contribution in [-0.4, -0.2) is 30.4 Å². The van der Waals surface area contributed by atoms with Gasteiger partial charge in [0.1, 0.15) is 0 Å². The third-order valence-corrected chi connectivity index (χ3v) is 3.26. The molecule has 4 heteroatoms. The number of carbonyl (C=O) groups excluding carboxylic acids is 1. The maximum absolute atomic E-state index is 11.5. The van der Waals surface area contributed by atoms with Crippen LogP contribution >= 0.6 is 0 Å². The van der Waals surface area contributed by atoms with E-state index in [1.54, 1.807) is 0 Å². The summed E-state index contributed by atoms with van der Waals surface area (Å²) >= 11 is 0. The molecule has 0 saturated carbocycles. The molecule has 1 saturated heterocycles. The maximum atomic E-state index is 11.5. The Hall–Kier alpha value is -1.55. The highest BCUT2D eigenvalue weighted by Crippen LogP contribution is 2.21. The molecule has 1 aliphatic rings. The third kappa shape index (κ3) is 2.97. The fourth-order valence-corrected chi connectivity index (χ4v) is 2.15. The van der Waals surface area contributed by atoms with Crippen molar-refractivity contribution in [1.29, 1.82) is 0 Å². The molecule has 1 aliphatic heterocycles. The average molecular weight is 233 g/mol. The largest absolute Gasteiger partial charge is 0.399 e. The molecule has 1 amide bonds. The van der Waals surface area contributed by atoms with Crippen LogP contribution in [0.25, 0.3) is 0 Å². The van der Waals surface area contributed by atoms with Gasteiger partial charge in [-0.15, -0.1) is 0 Å². The highest BCUT2D eigenvalue weighted by Gasteiger charge is 2.20. The second kappa shape index (κ2) is 5.19. The average Bonchev–Trinajstić information content (AvgIpc) is 2.54. The number of benzene rings is 1. The van der Waals surface area contributed by atoms with Gasteiger partial charge in [-0.3, -0.25) is 9.69 Å². The smallest absolute Gasteiger partial charge is 0.234 e. The zero-order chi connectivity index (χ0) is 12.3. The molecule has 0 radical (unpaired) electrons. The molecule has 4 nitrogen and oxygen atoms in total. The van der Waals surface area contributed by atoms with Gasteiger partial charge < -0.3 is 11.1 Å². The van der Waals surface area contributed by atoms with Crippen molar-refractivity contribution in [3.8, 4) is 0 Å². The number of nitrogens with two attached hydrogens (primary N) is 1. The Bertz CT molecular complexity index is 388. The van der Waals surface area contributed by atoms with Crippen molar-refractivity contribution in [3.05, 3.63) is 29.8 Å². The Morgan fingerprint density at radius 1 is 1.35 bits per heavy atom. The van der Waals surface area contributed by atoms with Crippen LogP contribution in [0.4, 0.5) is 5.69 Å². The number of nitrogens with one attached hydrogen (secondary N) is 1. The van der Waals surface area contributed by atoms with Crippen molar-refractivity contribution in [3.63, 3.8) is 0 Å². The highest BCUT2D eigenvalue weighted by atomic mass is 16.2. The molecule has 1 unspecified atom stereocenters. The minimum Gasteiger partial charge on any atom is -0.399 e. The molecular formula is C13H19N3O. The standard InChI is InChI=1S/C13H19N3O/c1-10(11-3-5-12(14)6-4-11)16-8-2-7-15-13(17)9-16/h3-6,10H,2,7-9,14H2,1H3,(H,15,17). The first kappa shape index (κ1) is 11.9. The van der Waals surface area contributed by atoms with Crippen molar-refractivity contribution >= 4 is 11.6 Å². The summed E-state index contributed by atoms with van der Waals surface area (Å²) in [5.74, 6) is 0.116. The van der Waals surface area contributed by atoms with E-state index in [0.717, 1.165) is 25.2 Å². The maximum Gasteiger partial charge on any atom is 0.234 e. The summed E-state index contributed by atoms with van der Waals surface area (Å²) in [6.07, 6.45) is 1.01. The monoisotopic (exact) mass is 233 g/mol. The molecular weight excluding hydrogens is 214 g/mol. The first-order chi connectivity index (χ1) is 8.16. The predicted octanol–water partition coefficient (Wildman–Crippen LogP) is 1.15. The number of hydrogen-bond donors (Lipinski definition) is 2. The van der Waals surface area contributed by atoms with Gasteiger partial charge in [0, 0.05) is 24.8 Å². The first-order valence-corrected chi connectivity index (χ1v) is 6.03. The Morgan fingerprint density at radius 2 is 2.06 bits per heavy atom. The Morgan fingerprint density at radius 3 is 2.76 bits per heavy atom. The lowest BCUT2D eigenvalue weighted by Crippen LogP contribution is -2.34. The van der Waals surface area contributed by atoms with Gasteiger partial charge in [-0.1, -0.05) is 12.1 Å². The lowest BCUT2D eigenvalue weighted by Gasteiger charge is -2.26. The quantitative estimate of drug-likeness (QED) is 0.753. The Kier molecular flexibility index (Phi) is 3.64. The first-order valence-electron chi connectivity index (χ1n) is 6.03. The number of rotatable bonds is 2. The van der Waals surface area contributed by atoms with E-state index in [9.17, 15) is 4.79 Å². The number of amides is 1. The zero-order valence-electron chi connectivity index (χ0n) is 10.1. The molecule has 0 spiro atoms. The van der Waals surface area contributed by atoms with E-state index >= 15 is 0 Å². The molecule has 92 valence electrons. The van der Waals surface area contributed by atoms with Gasteiger partial charge >= 0.3 is 0 Å². The zero-order valence-corrected chi connectivity index (χ0v) is 10.1. The third-order valence-electron chi connectivity index (χ3n) is 3.26. The lowest BCUT2D eigenvalue weighted by molar-refractivity contribution is -0.121. The molecule has 1 aromatic rings. The van der Waals surface area contributed by atoms with E-state index < -0.39 is 0 Å². The van der Waals surface area contributed by atoms with Crippen molar-refractivity contribution in [2.45, 2.75) is 19.4 Å². The molecule has 0 aromatic heterocycles. The van der Waals surface area contributed by atoms with Gasteiger partial charge in [0.15, 0.2) is 0 Å². The molecule has 1 aromatic carbocycles. The fraction of sp³-hybridized carbons (Fsp3) is 0.462. The van der Waals surface area contributed by atoms with E-state index in [0.29, 0.717) is 6.54 Å². The van der Waals surface area contributed by atoms with Gasteiger partial charge in [-0.2, -0.15) is 0 Å². The second-order valence-corrected chi connectivity index (χ2v) is 4.52. The molecule has 1 fully saturated rings.